The van der Waals surface area contributed by atoms with E-state index in [1.54, 1.807) is 0 Å². The van der Waals surface area contributed by atoms with Crippen LogP contribution in [0.4, 0.5) is 4.79 Å². The molecule has 0 aromatic rings. The van der Waals surface area contributed by atoms with Crippen molar-refractivity contribution in [3.8, 4) is 0 Å². The highest BCUT2D eigenvalue weighted by Crippen LogP contribution is 2.16. The first-order valence-corrected chi connectivity index (χ1v) is 5.77. The van der Waals surface area contributed by atoms with Crippen LogP contribution in [0.2, 0.25) is 0 Å². The lowest BCUT2D eigenvalue weighted by molar-refractivity contribution is -0.141. The molecular weight excluding hydrogens is 244 g/mol. The Morgan fingerprint density at radius 2 is 2.22 bits per heavy atom. The minimum Gasteiger partial charge on any atom is -0.469 e. The highest BCUT2D eigenvalue weighted by atomic mass is 16.8. The van der Waals surface area contributed by atoms with Gasteiger partial charge in [-0.1, -0.05) is 0 Å². The molecule has 18 heavy (non-hydrogen) atoms. The summed E-state index contributed by atoms with van der Waals surface area (Å²) >= 11 is 0. The third-order valence-corrected chi connectivity index (χ3v) is 2.64. The van der Waals surface area contributed by atoms with E-state index in [0.29, 0.717) is 0 Å². The maximum Gasteiger partial charge on any atom is 0.508 e. The molecule has 0 radical (unpaired) electrons. The lowest BCUT2D eigenvalue weighted by atomic mass is 10.0. The fraction of sp³-hybridized carbons (Fsp3) is 0.818. The summed E-state index contributed by atoms with van der Waals surface area (Å²) in [6.45, 7) is 0.119. The number of rotatable bonds is 7. The van der Waals surface area contributed by atoms with Gasteiger partial charge in [0.05, 0.1) is 19.3 Å². The van der Waals surface area contributed by atoms with Crippen molar-refractivity contribution >= 4 is 12.1 Å². The minimum atomic E-state index is -0.808. The molecule has 1 saturated heterocycles. The molecule has 0 aliphatic carbocycles. The molecule has 0 spiro atoms. The molecule has 0 unspecified atom stereocenters. The number of hydrogen-bond acceptors (Lipinski definition) is 7. The zero-order valence-electron chi connectivity index (χ0n) is 10.2. The number of cyclic esters (lactones) is 2. The van der Waals surface area contributed by atoms with Crippen molar-refractivity contribution < 1.29 is 34.0 Å². The maximum absolute atomic E-state index is 10.8. The van der Waals surface area contributed by atoms with Gasteiger partial charge in [-0.05, 0) is 12.8 Å². The number of methoxy groups -OCH3 is 1. The van der Waals surface area contributed by atoms with Crippen molar-refractivity contribution in [2.45, 2.75) is 44.0 Å². The van der Waals surface area contributed by atoms with Gasteiger partial charge >= 0.3 is 12.1 Å². The van der Waals surface area contributed by atoms with E-state index in [1.807, 2.05) is 0 Å². The Kier molecular flexibility index (Phi) is 5.87. The monoisotopic (exact) mass is 262 g/mol. The van der Waals surface area contributed by atoms with E-state index >= 15 is 0 Å². The van der Waals surface area contributed by atoms with Crippen LogP contribution in [0, 0.1) is 0 Å². The SMILES string of the molecule is COC(=O)CC[C@@H](O)C[C@H](O)C[C@@H]1COC(=O)O1. The second-order valence-corrected chi connectivity index (χ2v) is 4.19. The van der Waals surface area contributed by atoms with Gasteiger partial charge in [0.25, 0.3) is 0 Å². The Hall–Kier alpha value is -1.34. The van der Waals surface area contributed by atoms with Crippen LogP contribution in [0.15, 0.2) is 0 Å². The largest absolute Gasteiger partial charge is 0.508 e. The molecule has 104 valence electrons. The molecule has 0 aromatic heterocycles. The van der Waals surface area contributed by atoms with Crippen molar-refractivity contribution in [3.05, 3.63) is 0 Å². The quantitative estimate of drug-likeness (QED) is 0.621. The first kappa shape index (κ1) is 14.7. The molecule has 0 bridgehead atoms. The number of hydrogen-bond donors (Lipinski definition) is 2. The van der Waals surface area contributed by atoms with Crippen LogP contribution in [-0.4, -0.2) is 54.4 Å². The average Bonchev–Trinajstić information content (AvgIpc) is 2.71. The Morgan fingerprint density at radius 3 is 2.78 bits per heavy atom. The molecule has 7 heteroatoms. The van der Waals surface area contributed by atoms with Crippen LogP contribution in [0.1, 0.15) is 25.7 Å². The van der Waals surface area contributed by atoms with Crippen LogP contribution in [0.5, 0.6) is 0 Å². The number of ether oxygens (including phenoxy) is 3. The van der Waals surface area contributed by atoms with Gasteiger partial charge in [0.2, 0.25) is 0 Å². The average molecular weight is 262 g/mol. The lowest BCUT2D eigenvalue weighted by Gasteiger charge is -2.16. The van der Waals surface area contributed by atoms with Gasteiger partial charge in [0.15, 0.2) is 0 Å². The van der Waals surface area contributed by atoms with E-state index in [4.69, 9.17) is 4.74 Å². The lowest BCUT2D eigenvalue weighted by Crippen LogP contribution is -2.24. The normalized spacial score (nSPS) is 21.9. The molecule has 1 fully saturated rings. The van der Waals surface area contributed by atoms with Gasteiger partial charge < -0.3 is 24.4 Å². The predicted molar refractivity (Wildman–Crippen MR) is 58.7 cm³/mol. The highest BCUT2D eigenvalue weighted by Gasteiger charge is 2.28. The molecule has 1 aliphatic rings. The number of aliphatic hydroxyl groups is 2. The smallest absolute Gasteiger partial charge is 0.469 e. The number of carbonyl (C=O) groups excluding carboxylic acids is 2. The molecule has 7 nitrogen and oxygen atoms in total. The molecule has 3 atom stereocenters. The number of carbonyl (C=O) groups is 2. The summed E-state index contributed by atoms with van der Waals surface area (Å²) in [6.07, 6.45) is -2.16. The van der Waals surface area contributed by atoms with E-state index in [1.165, 1.54) is 7.11 Å². The molecule has 2 N–H and O–H groups in total. The van der Waals surface area contributed by atoms with Crippen LogP contribution in [0.3, 0.4) is 0 Å². The predicted octanol–water partition coefficient (Wildman–Crippen LogP) is -0.0230. The topological polar surface area (TPSA) is 102 Å². The molecule has 1 aliphatic heterocycles. The van der Waals surface area contributed by atoms with Crippen LogP contribution in [0.25, 0.3) is 0 Å². The highest BCUT2D eigenvalue weighted by molar-refractivity contribution is 5.69. The Bertz CT molecular complexity index is 291. The van der Waals surface area contributed by atoms with Crippen molar-refractivity contribution in [1.82, 2.24) is 0 Å². The summed E-state index contributed by atoms with van der Waals surface area (Å²) in [5.41, 5.74) is 0. The van der Waals surface area contributed by atoms with Crippen LogP contribution in [-0.2, 0) is 19.0 Å². The number of aliphatic hydroxyl groups excluding tert-OH is 2. The van der Waals surface area contributed by atoms with Crippen LogP contribution >= 0.6 is 0 Å². The molecule has 0 aromatic carbocycles. The van der Waals surface area contributed by atoms with Gasteiger partial charge in [0.1, 0.15) is 12.7 Å². The van der Waals surface area contributed by atoms with Gasteiger partial charge in [-0.2, -0.15) is 0 Å². The summed E-state index contributed by atoms with van der Waals surface area (Å²) in [6, 6.07) is 0. The fourth-order valence-electron chi connectivity index (χ4n) is 1.70. The van der Waals surface area contributed by atoms with E-state index in [9.17, 15) is 19.8 Å². The Labute approximate surface area is 105 Å². The first-order valence-electron chi connectivity index (χ1n) is 5.77. The van der Waals surface area contributed by atoms with Gasteiger partial charge in [-0.15, -0.1) is 0 Å². The summed E-state index contributed by atoms with van der Waals surface area (Å²) < 4.78 is 13.8. The second kappa shape index (κ2) is 7.17. The molecule has 1 heterocycles. The molecule has 0 saturated carbocycles. The van der Waals surface area contributed by atoms with E-state index in [0.717, 1.165) is 0 Å². The van der Waals surface area contributed by atoms with Crippen molar-refractivity contribution in [1.29, 1.82) is 0 Å². The molecular formula is C11H18O7. The van der Waals surface area contributed by atoms with Gasteiger partial charge in [-0.25, -0.2) is 4.79 Å². The van der Waals surface area contributed by atoms with Gasteiger partial charge in [0, 0.05) is 12.8 Å². The first-order chi connectivity index (χ1) is 8.51. The number of esters is 1. The van der Waals surface area contributed by atoms with E-state index in [-0.39, 0.29) is 32.3 Å². The zero-order valence-corrected chi connectivity index (χ0v) is 10.2. The Morgan fingerprint density at radius 1 is 1.50 bits per heavy atom. The van der Waals surface area contributed by atoms with Crippen molar-refractivity contribution in [3.63, 3.8) is 0 Å². The summed E-state index contributed by atoms with van der Waals surface area (Å²) in [5, 5.41) is 19.2. The van der Waals surface area contributed by atoms with Crippen molar-refractivity contribution in [2.24, 2.45) is 0 Å². The third-order valence-electron chi connectivity index (χ3n) is 2.64. The Balaban J connectivity index is 2.16. The van der Waals surface area contributed by atoms with Crippen LogP contribution < -0.4 is 0 Å². The molecule has 1 rings (SSSR count). The summed E-state index contributed by atoms with van der Waals surface area (Å²) in [5.74, 6) is -0.401. The third kappa shape index (κ3) is 5.33. The van der Waals surface area contributed by atoms with Crippen molar-refractivity contribution in [2.75, 3.05) is 13.7 Å². The summed E-state index contributed by atoms with van der Waals surface area (Å²) in [4.78, 5) is 21.5. The molecule has 0 amide bonds. The maximum atomic E-state index is 10.8. The standard InChI is InChI=1S/C11H18O7/c1-16-10(14)3-2-7(12)4-8(13)5-9-6-17-11(15)18-9/h7-9,12-13H,2-6H2,1H3/t7-,8+,9-/m1/s1. The second-order valence-electron chi connectivity index (χ2n) is 4.19. The van der Waals surface area contributed by atoms with E-state index in [2.05, 4.69) is 9.47 Å². The summed E-state index contributed by atoms with van der Waals surface area (Å²) in [7, 11) is 1.28. The fourth-order valence-corrected chi connectivity index (χ4v) is 1.70. The minimum absolute atomic E-state index is 0.103. The van der Waals surface area contributed by atoms with Gasteiger partial charge in [-0.3, -0.25) is 4.79 Å². The zero-order chi connectivity index (χ0) is 13.5. The van der Waals surface area contributed by atoms with E-state index < -0.39 is 30.4 Å².